The molecule has 2 aliphatic rings. The Labute approximate surface area is 218 Å². The number of hydrogen-bond donors (Lipinski definition) is 0. The molecule has 2 aromatic heterocycles. The second kappa shape index (κ2) is 10.5. The molecule has 0 aliphatic carbocycles. The van der Waals surface area contributed by atoms with E-state index in [4.69, 9.17) is 16.7 Å². The first-order chi connectivity index (χ1) is 17.7. The average Bonchev–Trinajstić information content (AvgIpc) is 3.34. The minimum atomic E-state index is 0.791. The lowest BCUT2D eigenvalue weighted by Gasteiger charge is -2.36. The highest BCUT2D eigenvalue weighted by atomic mass is 35.5. The Balaban J connectivity index is 1.08. The van der Waals surface area contributed by atoms with Crippen molar-refractivity contribution in [1.29, 1.82) is 0 Å². The molecular formula is C29H33ClN6. The van der Waals surface area contributed by atoms with Crippen molar-refractivity contribution in [3.63, 3.8) is 0 Å². The highest BCUT2D eigenvalue weighted by Crippen LogP contribution is 2.24. The molecule has 0 N–H and O–H groups in total. The number of rotatable bonds is 6. The van der Waals surface area contributed by atoms with E-state index in [0.29, 0.717) is 0 Å². The number of halogens is 1. The molecule has 0 saturated carbocycles. The molecule has 0 spiro atoms. The van der Waals surface area contributed by atoms with Crippen LogP contribution in [0.25, 0.3) is 5.52 Å². The quantitative estimate of drug-likeness (QED) is 0.385. The van der Waals surface area contributed by atoms with Crippen molar-refractivity contribution >= 4 is 28.6 Å². The van der Waals surface area contributed by atoms with Gasteiger partial charge in [0.15, 0.2) is 0 Å². The molecule has 36 heavy (non-hydrogen) atoms. The van der Waals surface area contributed by atoms with Gasteiger partial charge in [-0.3, -0.25) is 9.80 Å². The lowest BCUT2D eigenvalue weighted by atomic mass is 10.2. The van der Waals surface area contributed by atoms with Crippen molar-refractivity contribution in [2.24, 2.45) is 0 Å². The summed E-state index contributed by atoms with van der Waals surface area (Å²) >= 11 is 6.06. The van der Waals surface area contributed by atoms with Gasteiger partial charge in [-0.1, -0.05) is 48.0 Å². The minimum Gasteiger partial charge on any atom is -0.369 e. The maximum absolute atomic E-state index is 6.06. The summed E-state index contributed by atoms with van der Waals surface area (Å²) < 4.78 is 2.14. The number of hydrogen-bond acceptors (Lipinski definition) is 5. The fourth-order valence-corrected chi connectivity index (χ4v) is 5.57. The molecule has 2 aliphatic heterocycles. The Morgan fingerprint density at radius 1 is 0.639 bits per heavy atom. The van der Waals surface area contributed by atoms with Crippen molar-refractivity contribution in [2.45, 2.75) is 13.1 Å². The predicted molar refractivity (Wildman–Crippen MR) is 148 cm³/mol. The van der Waals surface area contributed by atoms with E-state index >= 15 is 0 Å². The number of aromatic nitrogens is 2. The normalized spacial score (nSPS) is 17.7. The van der Waals surface area contributed by atoms with Crippen LogP contribution in [-0.4, -0.2) is 71.8 Å². The van der Waals surface area contributed by atoms with Crippen LogP contribution < -0.4 is 9.80 Å². The summed E-state index contributed by atoms with van der Waals surface area (Å²) in [6, 6.07) is 25.6. The largest absolute Gasteiger partial charge is 0.369 e. The molecule has 7 heteroatoms. The number of pyridine rings is 1. The predicted octanol–water partition coefficient (Wildman–Crippen LogP) is 4.63. The lowest BCUT2D eigenvalue weighted by Crippen LogP contribution is -2.46. The Morgan fingerprint density at radius 2 is 1.31 bits per heavy atom. The Kier molecular flexibility index (Phi) is 6.81. The van der Waals surface area contributed by atoms with E-state index in [9.17, 15) is 0 Å². The van der Waals surface area contributed by atoms with E-state index < -0.39 is 0 Å². The van der Waals surface area contributed by atoms with Gasteiger partial charge >= 0.3 is 0 Å². The Morgan fingerprint density at radius 3 is 2.03 bits per heavy atom. The third-order valence-electron chi connectivity index (χ3n) is 7.51. The Bertz CT molecular complexity index is 1270. The summed E-state index contributed by atoms with van der Waals surface area (Å²) in [5.41, 5.74) is 5.17. The zero-order chi connectivity index (χ0) is 24.3. The summed E-state index contributed by atoms with van der Waals surface area (Å²) in [5.74, 6) is 1.20. The standard InChI is InChI=1S/C29H33ClN6/c30-26-9-11-27(12-10-26)34-17-13-33(14-18-34)23-25-21-31-36-28(25)7-4-8-29(36)35-19-15-32(16-20-35)22-24-5-2-1-3-6-24/h1-12,21H,13-20,22-23H2. The molecule has 4 heterocycles. The first kappa shape index (κ1) is 23.3. The molecule has 0 unspecified atom stereocenters. The van der Waals surface area contributed by atoms with Crippen molar-refractivity contribution in [1.82, 2.24) is 19.4 Å². The van der Waals surface area contributed by atoms with Crippen LogP contribution in [0.4, 0.5) is 11.5 Å². The third-order valence-corrected chi connectivity index (χ3v) is 7.76. The van der Waals surface area contributed by atoms with E-state index in [1.54, 1.807) is 0 Å². The van der Waals surface area contributed by atoms with Crippen molar-refractivity contribution < 1.29 is 0 Å². The van der Waals surface area contributed by atoms with Crippen LogP contribution in [0.5, 0.6) is 0 Å². The van der Waals surface area contributed by atoms with E-state index in [-0.39, 0.29) is 0 Å². The topological polar surface area (TPSA) is 30.3 Å². The van der Waals surface area contributed by atoms with Crippen molar-refractivity contribution in [2.75, 3.05) is 62.2 Å². The number of benzene rings is 2. The van der Waals surface area contributed by atoms with Crippen LogP contribution in [0, 0.1) is 0 Å². The molecule has 2 saturated heterocycles. The zero-order valence-corrected chi connectivity index (χ0v) is 21.4. The fourth-order valence-electron chi connectivity index (χ4n) is 5.44. The number of nitrogens with zero attached hydrogens (tertiary/aromatic N) is 6. The van der Waals surface area contributed by atoms with Crippen LogP contribution in [0.15, 0.2) is 79.0 Å². The molecule has 0 bridgehead atoms. The van der Waals surface area contributed by atoms with Crippen LogP contribution in [-0.2, 0) is 13.1 Å². The van der Waals surface area contributed by atoms with Gasteiger partial charge in [0.1, 0.15) is 5.82 Å². The minimum absolute atomic E-state index is 0.791. The van der Waals surface area contributed by atoms with Crippen LogP contribution in [0.1, 0.15) is 11.1 Å². The van der Waals surface area contributed by atoms with Gasteiger partial charge in [0.25, 0.3) is 0 Å². The second-order valence-electron chi connectivity index (χ2n) is 9.84. The molecule has 2 aromatic carbocycles. The highest BCUT2D eigenvalue weighted by molar-refractivity contribution is 6.30. The van der Waals surface area contributed by atoms with Crippen LogP contribution >= 0.6 is 11.6 Å². The maximum Gasteiger partial charge on any atom is 0.130 e. The third kappa shape index (κ3) is 5.07. The molecule has 6 nitrogen and oxygen atoms in total. The summed E-state index contributed by atoms with van der Waals surface area (Å²) in [7, 11) is 0. The van der Waals surface area contributed by atoms with Gasteiger partial charge in [0.2, 0.25) is 0 Å². The summed E-state index contributed by atoms with van der Waals surface area (Å²) in [4.78, 5) is 10.0. The van der Waals surface area contributed by atoms with Gasteiger partial charge in [-0.2, -0.15) is 5.10 Å². The van der Waals surface area contributed by atoms with E-state index in [1.165, 1.54) is 28.1 Å². The SMILES string of the molecule is Clc1ccc(N2CCN(Cc3cnn4c(N5CCN(Cc6ccccc6)CC5)cccc34)CC2)cc1. The first-order valence-electron chi connectivity index (χ1n) is 12.9. The van der Waals surface area contributed by atoms with Crippen LogP contribution in [0.2, 0.25) is 5.02 Å². The van der Waals surface area contributed by atoms with Crippen molar-refractivity contribution in [3.8, 4) is 0 Å². The van der Waals surface area contributed by atoms with Gasteiger partial charge in [-0.05, 0) is 42.0 Å². The van der Waals surface area contributed by atoms with Crippen LogP contribution in [0.3, 0.4) is 0 Å². The second-order valence-corrected chi connectivity index (χ2v) is 10.3. The fraction of sp³-hybridized carbons (Fsp3) is 0.345. The molecule has 0 amide bonds. The zero-order valence-electron chi connectivity index (χ0n) is 20.6. The van der Waals surface area contributed by atoms with E-state index in [2.05, 4.69) is 91.0 Å². The number of fused-ring (bicyclic) bond motifs is 1. The molecule has 4 aromatic rings. The van der Waals surface area contributed by atoms with E-state index in [0.717, 1.165) is 70.5 Å². The summed E-state index contributed by atoms with van der Waals surface area (Å²) in [6.45, 7) is 10.3. The van der Waals surface area contributed by atoms with Crippen molar-refractivity contribution in [3.05, 3.63) is 95.1 Å². The maximum atomic E-state index is 6.06. The van der Waals surface area contributed by atoms with Gasteiger partial charge in [0.05, 0.1) is 11.7 Å². The lowest BCUT2D eigenvalue weighted by molar-refractivity contribution is 0.249. The molecule has 6 rings (SSSR count). The molecule has 2 fully saturated rings. The number of piperazine rings is 2. The molecule has 0 atom stereocenters. The van der Waals surface area contributed by atoms with E-state index in [1.807, 2.05) is 12.1 Å². The smallest absolute Gasteiger partial charge is 0.130 e. The average molecular weight is 501 g/mol. The van der Waals surface area contributed by atoms with Gasteiger partial charge in [-0.25, -0.2) is 4.52 Å². The first-order valence-corrected chi connectivity index (χ1v) is 13.3. The van der Waals surface area contributed by atoms with Gasteiger partial charge < -0.3 is 9.80 Å². The molecule has 0 radical (unpaired) electrons. The van der Waals surface area contributed by atoms with Gasteiger partial charge in [-0.15, -0.1) is 0 Å². The summed E-state index contributed by atoms with van der Waals surface area (Å²) in [6.07, 6.45) is 2.07. The molecule has 186 valence electrons. The van der Waals surface area contributed by atoms with Gasteiger partial charge in [0, 0.05) is 81.7 Å². The Hall–Kier alpha value is -3.06. The number of anilines is 2. The summed E-state index contributed by atoms with van der Waals surface area (Å²) in [5, 5.41) is 5.62. The molecular weight excluding hydrogens is 468 g/mol. The monoisotopic (exact) mass is 500 g/mol. The highest BCUT2D eigenvalue weighted by Gasteiger charge is 2.22.